The fraction of sp³-hybridized carbons (Fsp3) is 0.400. The second-order valence-corrected chi connectivity index (χ2v) is 12.5. The van der Waals surface area contributed by atoms with Crippen LogP contribution in [0, 0.1) is 0 Å². The van der Waals surface area contributed by atoms with Crippen LogP contribution < -0.4 is 14.4 Å². The number of nitrogens with zero attached hydrogens (tertiary/aromatic N) is 3. The van der Waals surface area contributed by atoms with E-state index in [0.717, 1.165) is 17.9 Å². The third-order valence-electron chi connectivity index (χ3n) is 7.67. The highest BCUT2D eigenvalue weighted by molar-refractivity contribution is 7.84. The molecule has 0 atom stereocenters. The van der Waals surface area contributed by atoms with Crippen molar-refractivity contribution in [2.75, 3.05) is 69.2 Å². The molecule has 236 valence electrons. The first-order valence-corrected chi connectivity index (χ1v) is 17.2. The lowest BCUT2D eigenvalue weighted by Crippen LogP contribution is -2.42. The van der Waals surface area contributed by atoms with Crippen molar-refractivity contribution in [3.05, 3.63) is 89.2 Å². The number of rotatable bonds is 12. The van der Waals surface area contributed by atoms with Crippen LogP contribution in [0.25, 0.3) is 24.3 Å². The second-order valence-electron chi connectivity index (χ2n) is 11.1. The lowest BCUT2D eigenvalue weighted by molar-refractivity contribution is -0.701. The summed E-state index contributed by atoms with van der Waals surface area (Å²) in [5, 5.41) is 0. The van der Waals surface area contributed by atoms with Gasteiger partial charge in [0.1, 0.15) is 6.61 Å². The van der Waals surface area contributed by atoms with Crippen molar-refractivity contribution in [3.63, 3.8) is 0 Å². The Morgan fingerprint density at radius 1 is 0.705 bits per heavy atom. The molecule has 2 saturated heterocycles. The van der Waals surface area contributed by atoms with Crippen molar-refractivity contribution in [1.29, 1.82) is 0 Å². The van der Waals surface area contributed by atoms with E-state index in [4.69, 9.17) is 22.4 Å². The second kappa shape index (κ2) is 17.1. The number of hydrogen-bond acceptors (Lipinski definition) is 7. The lowest BCUT2D eigenvalue weighted by Gasteiger charge is -2.17. The molecule has 44 heavy (non-hydrogen) atoms. The van der Waals surface area contributed by atoms with E-state index in [0.29, 0.717) is 26.1 Å². The van der Waals surface area contributed by atoms with Gasteiger partial charge in [0, 0.05) is 75.2 Å². The molecule has 0 bridgehead atoms. The van der Waals surface area contributed by atoms with E-state index in [1.165, 1.54) is 74.4 Å². The van der Waals surface area contributed by atoms with Crippen molar-refractivity contribution in [3.8, 4) is 0 Å². The number of methoxy groups -OCH3 is 1. The van der Waals surface area contributed by atoms with Gasteiger partial charge in [-0.3, -0.25) is 0 Å². The number of pyridine rings is 1. The first-order valence-electron chi connectivity index (χ1n) is 15.4. The minimum Gasteiger partial charge on any atom is -0.748 e. The van der Waals surface area contributed by atoms with Gasteiger partial charge < -0.3 is 23.8 Å². The Labute approximate surface area is 263 Å². The van der Waals surface area contributed by atoms with E-state index < -0.39 is 10.1 Å². The van der Waals surface area contributed by atoms with Gasteiger partial charge in [0.05, 0.1) is 23.3 Å². The highest BCUT2D eigenvalue weighted by Crippen LogP contribution is 2.22. The van der Waals surface area contributed by atoms with Crippen LogP contribution >= 0.6 is 0 Å². The first kappa shape index (κ1) is 33.4. The summed E-state index contributed by atoms with van der Waals surface area (Å²) in [7, 11) is -2.21. The zero-order chi connectivity index (χ0) is 31.2. The monoisotopic (exact) mass is 619 g/mol. The normalized spacial score (nSPS) is 15.3. The van der Waals surface area contributed by atoms with Gasteiger partial charge >= 0.3 is 0 Å². The van der Waals surface area contributed by atoms with Gasteiger partial charge in [-0.25, -0.2) is 8.42 Å². The van der Waals surface area contributed by atoms with Crippen molar-refractivity contribution < 1.29 is 27.0 Å². The smallest absolute Gasteiger partial charge is 0.205 e. The van der Waals surface area contributed by atoms with Gasteiger partial charge in [-0.05, 0) is 79.3 Å². The topological polar surface area (TPSA) is 86.0 Å². The number of hydrogen-bond donors (Lipinski definition) is 0. The third kappa shape index (κ3) is 11.2. The molecule has 0 amide bonds. The number of anilines is 2. The highest BCUT2D eigenvalue weighted by Gasteiger charge is 2.15. The maximum absolute atomic E-state index is 9.08. The molecule has 3 aromatic rings. The summed E-state index contributed by atoms with van der Waals surface area (Å²) < 4.78 is 40.5. The van der Waals surface area contributed by atoms with Crippen LogP contribution in [0.3, 0.4) is 0 Å². The summed E-state index contributed by atoms with van der Waals surface area (Å²) in [5.74, 6) is 0. The Morgan fingerprint density at radius 3 is 1.55 bits per heavy atom. The molecule has 5 rings (SSSR count). The van der Waals surface area contributed by atoms with E-state index in [-0.39, 0.29) is 0 Å². The SMILES string of the molecule is COCCOCC[n+]1c(/C=C/c2ccc(N3CCCC3)cc2)cccc1/C=C/c1ccc(N2CCCC2)cc1.CS(=O)(=O)[O-]. The van der Waals surface area contributed by atoms with Crippen molar-refractivity contribution in [2.45, 2.75) is 32.2 Å². The van der Waals surface area contributed by atoms with E-state index in [1.54, 1.807) is 7.11 Å². The molecule has 0 radical (unpaired) electrons. The predicted octanol–water partition coefficient (Wildman–Crippen LogP) is 5.34. The molecule has 0 saturated carbocycles. The largest absolute Gasteiger partial charge is 0.748 e. The maximum atomic E-state index is 9.08. The maximum Gasteiger partial charge on any atom is 0.205 e. The fourth-order valence-electron chi connectivity index (χ4n) is 5.43. The van der Waals surface area contributed by atoms with Crippen LogP contribution in [0.1, 0.15) is 48.2 Å². The third-order valence-corrected chi connectivity index (χ3v) is 7.67. The Morgan fingerprint density at radius 2 is 1.14 bits per heavy atom. The summed E-state index contributed by atoms with van der Waals surface area (Å²) in [6.45, 7) is 7.30. The zero-order valence-electron chi connectivity index (χ0n) is 25.9. The molecule has 2 aromatic carbocycles. The van der Waals surface area contributed by atoms with Gasteiger partial charge in [0.15, 0.2) is 6.54 Å². The molecule has 2 fully saturated rings. The Kier molecular flexibility index (Phi) is 13.0. The summed E-state index contributed by atoms with van der Waals surface area (Å²) >= 11 is 0. The van der Waals surface area contributed by atoms with Crippen LogP contribution in [-0.4, -0.2) is 72.3 Å². The van der Waals surface area contributed by atoms with Crippen molar-refractivity contribution in [1.82, 2.24) is 0 Å². The predicted molar refractivity (Wildman–Crippen MR) is 179 cm³/mol. The molecule has 0 unspecified atom stereocenters. The van der Waals surface area contributed by atoms with Gasteiger partial charge in [-0.15, -0.1) is 0 Å². The van der Waals surface area contributed by atoms with E-state index in [1.807, 2.05) is 0 Å². The standard InChI is InChI=1S/C34H42N3O2.CH4O3S/c1-38-27-28-39-26-25-37-33(19-13-29-9-15-31(16-10-29)35-21-2-3-22-35)7-6-8-34(37)20-14-30-11-17-32(18-12-30)36-23-4-5-24-36;1-5(2,3)4/h6-20H,2-5,21-28H2,1H3;1H3,(H,2,3,4)/q+1;/p-1. The van der Waals surface area contributed by atoms with Crippen molar-refractivity contribution in [2.24, 2.45) is 0 Å². The summed E-state index contributed by atoms with van der Waals surface area (Å²) in [5.41, 5.74) is 7.38. The van der Waals surface area contributed by atoms with Crippen LogP contribution in [0.15, 0.2) is 66.7 Å². The molecule has 3 heterocycles. The fourth-order valence-corrected chi connectivity index (χ4v) is 5.43. The number of aromatic nitrogens is 1. The summed E-state index contributed by atoms with van der Waals surface area (Å²) in [6.07, 6.45) is 14.6. The molecular formula is C35H45N3O5S. The number of ether oxygens (including phenoxy) is 2. The number of benzene rings is 2. The van der Waals surface area contributed by atoms with Gasteiger partial charge in [0.25, 0.3) is 0 Å². The lowest BCUT2D eigenvalue weighted by atomic mass is 10.1. The summed E-state index contributed by atoms with van der Waals surface area (Å²) in [4.78, 5) is 4.95. The quantitative estimate of drug-likeness (QED) is 0.154. The average molecular weight is 620 g/mol. The van der Waals surface area contributed by atoms with E-state index >= 15 is 0 Å². The molecular weight excluding hydrogens is 574 g/mol. The van der Waals surface area contributed by atoms with Gasteiger partial charge in [0.2, 0.25) is 11.4 Å². The van der Waals surface area contributed by atoms with E-state index in [9.17, 15) is 0 Å². The van der Waals surface area contributed by atoms with Crippen LogP contribution in [0.4, 0.5) is 11.4 Å². The summed E-state index contributed by atoms with van der Waals surface area (Å²) in [6, 6.07) is 24.3. The van der Waals surface area contributed by atoms with Gasteiger partial charge in [-0.2, -0.15) is 4.57 Å². The van der Waals surface area contributed by atoms with Crippen LogP contribution in [0.5, 0.6) is 0 Å². The first-order chi connectivity index (χ1) is 21.3. The molecule has 0 N–H and O–H groups in total. The molecule has 1 aromatic heterocycles. The van der Waals surface area contributed by atoms with Crippen LogP contribution in [-0.2, 0) is 26.1 Å². The molecule has 2 aliphatic heterocycles. The van der Waals surface area contributed by atoms with Crippen LogP contribution in [0.2, 0.25) is 0 Å². The Hall–Kier alpha value is -3.50. The zero-order valence-corrected chi connectivity index (χ0v) is 26.8. The molecule has 0 spiro atoms. The molecule has 8 nitrogen and oxygen atoms in total. The minimum absolute atomic E-state index is 0.604. The van der Waals surface area contributed by atoms with Gasteiger partial charge in [-0.1, -0.05) is 24.3 Å². The molecule has 2 aliphatic rings. The van der Waals surface area contributed by atoms with E-state index in [2.05, 4.69) is 105 Å². The molecule has 9 heteroatoms. The van der Waals surface area contributed by atoms with Crippen molar-refractivity contribution >= 4 is 45.8 Å². The molecule has 0 aliphatic carbocycles. The Bertz CT molecular complexity index is 1360. The highest BCUT2D eigenvalue weighted by atomic mass is 32.2. The average Bonchev–Trinajstić information content (AvgIpc) is 3.75. The minimum atomic E-state index is -3.92. The Balaban J connectivity index is 0.000000818.